The van der Waals surface area contributed by atoms with E-state index in [1.54, 1.807) is 17.7 Å². The number of esters is 1. The van der Waals surface area contributed by atoms with E-state index < -0.39 is 17.3 Å². The SMILES string of the molecule is CCOC(=O)c1cc(N2CCC3(C2)CC3(F)F)c2c(C(C)C)nn(-c3cccc(C)c3)c2n1. The first-order valence-electron chi connectivity index (χ1n) is 11.5. The molecule has 1 aliphatic carbocycles. The summed E-state index contributed by atoms with van der Waals surface area (Å²) in [6.07, 6.45) is 0.358. The molecule has 0 amide bonds. The Balaban J connectivity index is 1.73. The van der Waals surface area contributed by atoms with E-state index in [1.165, 1.54) is 0 Å². The first-order chi connectivity index (χ1) is 15.7. The lowest BCUT2D eigenvalue weighted by atomic mass is 10.0. The molecular weight excluding hydrogens is 426 g/mol. The van der Waals surface area contributed by atoms with Crippen molar-refractivity contribution in [1.29, 1.82) is 0 Å². The Morgan fingerprint density at radius 2 is 2.03 bits per heavy atom. The molecule has 1 saturated heterocycles. The second kappa shape index (κ2) is 7.50. The minimum atomic E-state index is -2.62. The number of ether oxygens (including phenoxy) is 1. The van der Waals surface area contributed by atoms with Crippen molar-refractivity contribution in [3.8, 4) is 5.69 Å². The topological polar surface area (TPSA) is 60.2 Å². The molecule has 33 heavy (non-hydrogen) atoms. The average Bonchev–Trinajstić information content (AvgIpc) is 3.10. The van der Waals surface area contributed by atoms with Crippen molar-refractivity contribution in [2.75, 3.05) is 24.6 Å². The van der Waals surface area contributed by atoms with Gasteiger partial charge in [0, 0.05) is 19.5 Å². The Labute approximate surface area is 191 Å². The molecule has 6 nitrogen and oxygen atoms in total. The number of rotatable bonds is 5. The maximum atomic E-state index is 14.1. The lowest BCUT2D eigenvalue weighted by Gasteiger charge is -2.21. The quantitative estimate of drug-likeness (QED) is 0.492. The zero-order valence-corrected chi connectivity index (χ0v) is 19.4. The van der Waals surface area contributed by atoms with Crippen molar-refractivity contribution >= 4 is 22.7 Å². The van der Waals surface area contributed by atoms with Crippen LogP contribution in [0.3, 0.4) is 0 Å². The fraction of sp³-hybridized carbons (Fsp3) is 0.480. The van der Waals surface area contributed by atoms with Gasteiger partial charge in [0.15, 0.2) is 11.3 Å². The minimum absolute atomic E-state index is 0.0744. The van der Waals surface area contributed by atoms with Crippen LogP contribution in [0.15, 0.2) is 30.3 Å². The molecule has 1 unspecified atom stereocenters. The van der Waals surface area contributed by atoms with Gasteiger partial charge in [0.2, 0.25) is 0 Å². The third-order valence-electron chi connectivity index (χ3n) is 6.83. The Morgan fingerprint density at radius 3 is 2.64 bits per heavy atom. The summed E-state index contributed by atoms with van der Waals surface area (Å²) in [6.45, 7) is 8.82. The Kier molecular flexibility index (Phi) is 4.95. The van der Waals surface area contributed by atoms with E-state index in [-0.39, 0.29) is 31.2 Å². The fourth-order valence-corrected chi connectivity index (χ4v) is 4.93. The average molecular weight is 455 g/mol. The first-order valence-corrected chi connectivity index (χ1v) is 11.5. The predicted molar refractivity (Wildman–Crippen MR) is 122 cm³/mol. The van der Waals surface area contributed by atoms with Crippen LogP contribution in [0.25, 0.3) is 16.7 Å². The number of fused-ring (bicyclic) bond motifs is 1. The molecule has 8 heteroatoms. The number of anilines is 1. The summed E-state index contributed by atoms with van der Waals surface area (Å²) in [5, 5.41) is 5.69. The fourth-order valence-electron chi connectivity index (χ4n) is 4.93. The monoisotopic (exact) mass is 454 g/mol. The van der Waals surface area contributed by atoms with Gasteiger partial charge in [-0.3, -0.25) is 0 Å². The molecule has 0 N–H and O–H groups in total. The van der Waals surface area contributed by atoms with Gasteiger partial charge in [0.05, 0.1) is 34.5 Å². The number of nitrogens with zero attached hydrogens (tertiary/aromatic N) is 4. The van der Waals surface area contributed by atoms with E-state index in [0.29, 0.717) is 18.6 Å². The van der Waals surface area contributed by atoms with Crippen LogP contribution in [0.4, 0.5) is 14.5 Å². The first kappa shape index (κ1) is 21.8. The number of halogens is 2. The molecule has 0 radical (unpaired) electrons. The molecule has 3 aromatic rings. The molecule has 1 saturated carbocycles. The van der Waals surface area contributed by atoms with Crippen LogP contribution in [0.1, 0.15) is 61.3 Å². The predicted octanol–water partition coefficient (Wildman–Crippen LogP) is 5.26. The van der Waals surface area contributed by atoms with Gasteiger partial charge >= 0.3 is 5.97 Å². The third kappa shape index (κ3) is 3.47. The van der Waals surface area contributed by atoms with Crippen molar-refractivity contribution in [2.45, 2.75) is 52.4 Å². The number of aryl methyl sites for hydroxylation is 1. The van der Waals surface area contributed by atoms with Crippen LogP contribution in [-0.2, 0) is 4.74 Å². The summed E-state index contributed by atoms with van der Waals surface area (Å²) in [5.41, 5.74) is 3.19. The number of hydrogen-bond donors (Lipinski definition) is 0. The van der Waals surface area contributed by atoms with Gasteiger partial charge in [-0.2, -0.15) is 5.10 Å². The number of carbonyl (C=O) groups is 1. The second-order valence-electron chi connectivity index (χ2n) is 9.57. The molecule has 3 heterocycles. The summed E-state index contributed by atoms with van der Waals surface area (Å²) in [4.78, 5) is 19.3. The molecule has 2 fully saturated rings. The lowest BCUT2D eigenvalue weighted by molar-refractivity contribution is 0.0519. The highest BCUT2D eigenvalue weighted by molar-refractivity contribution is 5.99. The van der Waals surface area contributed by atoms with Gasteiger partial charge in [0.1, 0.15) is 0 Å². The number of benzene rings is 1. The zero-order valence-electron chi connectivity index (χ0n) is 19.4. The van der Waals surface area contributed by atoms with Crippen molar-refractivity contribution < 1.29 is 18.3 Å². The third-order valence-corrected chi connectivity index (χ3v) is 6.83. The van der Waals surface area contributed by atoms with Gasteiger partial charge in [0.25, 0.3) is 5.92 Å². The van der Waals surface area contributed by atoms with Crippen LogP contribution in [0, 0.1) is 12.3 Å². The summed E-state index contributed by atoms with van der Waals surface area (Å²) in [5.74, 6) is -3.08. The summed E-state index contributed by atoms with van der Waals surface area (Å²) in [7, 11) is 0. The minimum Gasteiger partial charge on any atom is -0.461 e. The highest BCUT2D eigenvalue weighted by Crippen LogP contribution is 2.65. The summed E-state index contributed by atoms with van der Waals surface area (Å²) >= 11 is 0. The molecule has 2 aromatic heterocycles. The van der Waals surface area contributed by atoms with E-state index in [4.69, 9.17) is 9.84 Å². The van der Waals surface area contributed by atoms with Crippen LogP contribution in [0.2, 0.25) is 0 Å². The highest BCUT2D eigenvalue weighted by Gasteiger charge is 2.72. The smallest absolute Gasteiger partial charge is 0.357 e. The van der Waals surface area contributed by atoms with E-state index in [0.717, 1.165) is 28.0 Å². The van der Waals surface area contributed by atoms with Gasteiger partial charge < -0.3 is 9.64 Å². The van der Waals surface area contributed by atoms with Crippen molar-refractivity contribution in [3.63, 3.8) is 0 Å². The standard InChI is InChI=1S/C25H28F2N4O2/c1-5-33-23(32)18-12-19(30-10-9-24(14-30)13-25(24,26)27)20-21(15(2)3)29-31(22(20)28-18)17-8-6-7-16(4)11-17/h6-8,11-12,15H,5,9-10,13-14H2,1-4H3. The van der Waals surface area contributed by atoms with Crippen molar-refractivity contribution in [1.82, 2.24) is 14.8 Å². The molecule has 5 rings (SSSR count). The second-order valence-corrected chi connectivity index (χ2v) is 9.57. The van der Waals surface area contributed by atoms with Crippen LogP contribution < -0.4 is 4.90 Å². The Hall–Kier alpha value is -3.03. The largest absolute Gasteiger partial charge is 0.461 e. The zero-order chi connectivity index (χ0) is 23.5. The number of alkyl halides is 2. The van der Waals surface area contributed by atoms with Gasteiger partial charge in [-0.15, -0.1) is 0 Å². The van der Waals surface area contributed by atoms with E-state index in [2.05, 4.69) is 4.98 Å². The van der Waals surface area contributed by atoms with Crippen LogP contribution in [-0.4, -0.2) is 46.4 Å². The van der Waals surface area contributed by atoms with Gasteiger partial charge in [-0.05, 0) is 49.9 Å². The van der Waals surface area contributed by atoms with Crippen molar-refractivity contribution in [3.05, 3.63) is 47.3 Å². The molecule has 0 bridgehead atoms. The summed E-state index contributed by atoms with van der Waals surface area (Å²) in [6, 6.07) is 9.58. The van der Waals surface area contributed by atoms with Gasteiger partial charge in [-0.1, -0.05) is 26.0 Å². The number of pyridine rings is 1. The molecule has 1 atom stereocenters. The van der Waals surface area contributed by atoms with E-state index in [9.17, 15) is 13.6 Å². The van der Waals surface area contributed by atoms with E-state index in [1.807, 2.05) is 49.9 Å². The maximum absolute atomic E-state index is 14.1. The van der Waals surface area contributed by atoms with Gasteiger partial charge in [-0.25, -0.2) is 23.2 Å². The van der Waals surface area contributed by atoms with Crippen LogP contribution >= 0.6 is 0 Å². The molecule has 1 aromatic carbocycles. The number of aromatic nitrogens is 3. The Morgan fingerprint density at radius 1 is 1.27 bits per heavy atom. The molecule has 2 aliphatic rings. The normalized spacial score (nSPS) is 21.4. The molecular formula is C25H28F2N4O2. The van der Waals surface area contributed by atoms with Crippen LogP contribution in [0.5, 0.6) is 0 Å². The van der Waals surface area contributed by atoms with E-state index >= 15 is 0 Å². The number of hydrogen-bond acceptors (Lipinski definition) is 5. The molecule has 174 valence electrons. The lowest BCUT2D eigenvalue weighted by Crippen LogP contribution is -2.23. The van der Waals surface area contributed by atoms with Crippen molar-refractivity contribution in [2.24, 2.45) is 5.41 Å². The summed E-state index contributed by atoms with van der Waals surface area (Å²) < 4.78 is 35.3. The highest BCUT2D eigenvalue weighted by atomic mass is 19.3. The molecule has 1 aliphatic heterocycles. The maximum Gasteiger partial charge on any atom is 0.357 e. The number of carbonyl (C=O) groups excluding carboxylic acids is 1. The Bertz CT molecular complexity index is 1250. The molecule has 1 spiro atoms.